The highest BCUT2D eigenvalue weighted by molar-refractivity contribution is 5.60. The molecule has 0 aromatic heterocycles. The van der Waals surface area contributed by atoms with Gasteiger partial charge in [0, 0.05) is 13.0 Å². The Morgan fingerprint density at radius 3 is 1.18 bits per heavy atom. The molecule has 0 aliphatic carbocycles. The van der Waals surface area contributed by atoms with Crippen molar-refractivity contribution in [1.82, 2.24) is 0 Å². The van der Waals surface area contributed by atoms with Gasteiger partial charge in [-0.2, -0.15) is 0 Å². The second-order valence-corrected chi connectivity index (χ2v) is 20.1. The van der Waals surface area contributed by atoms with Crippen LogP contribution in [-0.2, 0) is 33.5 Å². The van der Waals surface area contributed by atoms with Gasteiger partial charge in [0.05, 0.1) is 19.8 Å². The maximum absolute atomic E-state index is 11.3. The first-order valence-corrected chi connectivity index (χ1v) is 25.1. The standard InChI is InChI=1S/C59H84O7/c1-33-35(3)52(36(4)34(2)51(33)23-21-19-17-18-20-22-25-61-31-50-32-63-50)27-53-37(5)43(11)57(44(12)38(53)6)64-29-49(60)30-65-58-45(13)39(7)54(40(8)46(58)14)28-55-41(9)47(15)59(48(16)42(55)10)66-56-24-26-62-56/h49-50,56,60H,17-32H2,1-16H3. The summed E-state index contributed by atoms with van der Waals surface area (Å²) in [7, 11) is 0. The van der Waals surface area contributed by atoms with Crippen molar-refractivity contribution in [2.45, 2.75) is 193 Å². The fraction of sp³-hybridized carbons (Fsp3) is 0.593. The third kappa shape index (κ3) is 11.3. The van der Waals surface area contributed by atoms with Gasteiger partial charge in [0.1, 0.15) is 42.7 Å². The first-order chi connectivity index (χ1) is 31.3. The molecule has 66 heavy (non-hydrogen) atoms. The first kappa shape index (κ1) is 51.5. The number of unbranched alkanes of at least 4 members (excludes halogenated alkanes) is 5. The van der Waals surface area contributed by atoms with Crippen LogP contribution in [0, 0.1) is 111 Å². The Morgan fingerprint density at radius 1 is 0.455 bits per heavy atom. The number of rotatable bonds is 23. The summed E-state index contributed by atoms with van der Waals surface area (Å²) in [4.78, 5) is 0. The lowest BCUT2D eigenvalue weighted by Gasteiger charge is -2.30. The minimum absolute atomic E-state index is 0.138. The summed E-state index contributed by atoms with van der Waals surface area (Å²) in [6.45, 7) is 39.2. The molecule has 3 atom stereocenters. The van der Waals surface area contributed by atoms with Crippen LogP contribution in [0.2, 0.25) is 0 Å². The molecule has 2 heterocycles. The highest BCUT2D eigenvalue weighted by Crippen LogP contribution is 2.40. The molecular formula is C59H84O7. The maximum atomic E-state index is 11.3. The fourth-order valence-corrected chi connectivity index (χ4v) is 10.4. The van der Waals surface area contributed by atoms with Crippen molar-refractivity contribution in [3.8, 4) is 17.2 Å². The lowest BCUT2D eigenvalue weighted by atomic mass is 9.82. The minimum atomic E-state index is -0.794. The monoisotopic (exact) mass is 905 g/mol. The molecule has 4 aromatic rings. The van der Waals surface area contributed by atoms with E-state index in [1.165, 1.54) is 121 Å². The zero-order valence-electron chi connectivity index (χ0n) is 43.9. The van der Waals surface area contributed by atoms with Gasteiger partial charge in [0.2, 0.25) is 6.29 Å². The van der Waals surface area contributed by atoms with Crippen molar-refractivity contribution in [2.24, 2.45) is 0 Å². The Bertz CT molecular complexity index is 2260. The summed E-state index contributed by atoms with van der Waals surface area (Å²) in [6.07, 6.45) is 10.8. The molecular weight excluding hydrogens is 821 g/mol. The van der Waals surface area contributed by atoms with Gasteiger partial charge < -0.3 is 33.5 Å². The van der Waals surface area contributed by atoms with E-state index in [0.717, 1.165) is 98.0 Å². The van der Waals surface area contributed by atoms with Crippen LogP contribution >= 0.6 is 0 Å². The highest BCUT2D eigenvalue weighted by Gasteiger charge is 2.27. The number of epoxide rings is 1. The Morgan fingerprint density at radius 2 is 0.803 bits per heavy atom. The third-order valence-corrected chi connectivity index (χ3v) is 16.2. The third-order valence-electron chi connectivity index (χ3n) is 16.2. The number of hydrogen-bond acceptors (Lipinski definition) is 7. The number of hydrogen-bond donors (Lipinski definition) is 1. The van der Waals surface area contributed by atoms with Gasteiger partial charge in [0.15, 0.2) is 0 Å². The molecule has 6 rings (SSSR count). The van der Waals surface area contributed by atoms with Crippen LogP contribution in [0.3, 0.4) is 0 Å². The van der Waals surface area contributed by atoms with Crippen LogP contribution in [0.25, 0.3) is 0 Å². The zero-order chi connectivity index (χ0) is 48.1. The summed E-state index contributed by atoms with van der Waals surface area (Å²) in [5.41, 5.74) is 27.3. The van der Waals surface area contributed by atoms with E-state index in [4.69, 9.17) is 28.4 Å². The van der Waals surface area contributed by atoms with E-state index in [1.54, 1.807) is 5.56 Å². The van der Waals surface area contributed by atoms with Gasteiger partial charge in [-0.15, -0.1) is 0 Å². The Labute approximate surface area is 399 Å². The molecule has 7 nitrogen and oxygen atoms in total. The van der Waals surface area contributed by atoms with E-state index in [0.29, 0.717) is 6.10 Å². The van der Waals surface area contributed by atoms with E-state index < -0.39 is 6.10 Å². The first-order valence-electron chi connectivity index (χ1n) is 25.1. The summed E-state index contributed by atoms with van der Waals surface area (Å²) in [5, 5.41) is 11.3. The maximum Gasteiger partial charge on any atom is 0.202 e. The summed E-state index contributed by atoms with van der Waals surface area (Å²) >= 11 is 0. The minimum Gasteiger partial charge on any atom is -0.490 e. The van der Waals surface area contributed by atoms with Crippen molar-refractivity contribution in [1.29, 1.82) is 0 Å². The number of aliphatic hydroxyl groups is 1. The SMILES string of the molecule is Cc1c(C)c(Cc2c(C)c(C)c(OCC(O)COc3c(C)c(C)c(Cc4c(C)c(C)c(OC5CCO5)c(C)c4C)c(C)c3C)c(C)c2C)c(C)c(C)c1CCCCCCCCOCC1CO1. The van der Waals surface area contributed by atoms with Crippen molar-refractivity contribution in [3.05, 3.63) is 117 Å². The predicted molar refractivity (Wildman–Crippen MR) is 271 cm³/mol. The second-order valence-electron chi connectivity index (χ2n) is 20.1. The van der Waals surface area contributed by atoms with Crippen molar-refractivity contribution >= 4 is 0 Å². The molecule has 1 N–H and O–H groups in total. The highest BCUT2D eigenvalue weighted by atomic mass is 16.7. The Kier molecular flexibility index (Phi) is 17.5. The van der Waals surface area contributed by atoms with Crippen LogP contribution in [0.1, 0.15) is 162 Å². The zero-order valence-corrected chi connectivity index (χ0v) is 43.9. The van der Waals surface area contributed by atoms with Crippen LogP contribution in [-0.4, -0.2) is 63.2 Å². The molecule has 7 heteroatoms. The van der Waals surface area contributed by atoms with Gasteiger partial charge in [0.25, 0.3) is 0 Å². The van der Waals surface area contributed by atoms with E-state index in [9.17, 15) is 5.11 Å². The van der Waals surface area contributed by atoms with E-state index >= 15 is 0 Å². The lowest BCUT2D eigenvalue weighted by Crippen LogP contribution is -2.33. The molecule has 4 aromatic carbocycles. The number of aliphatic hydroxyl groups excluding tert-OH is 1. The molecule has 0 saturated carbocycles. The molecule has 0 radical (unpaired) electrons. The van der Waals surface area contributed by atoms with Gasteiger partial charge in [-0.1, -0.05) is 25.7 Å². The molecule has 2 saturated heterocycles. The average Bonchev–Trinajstić information content (AvgIpc) is 4.11. The molecule has 2 aliphatic heterocycles. The van der Waals surface area contributed by atoms with E-state index in [1.807, 2.05) is 0 Å². The van der Waals surface area contributed by atoms with Crippen LogP contribution in [0.5, 0.6) is 17.2 Å². The fourth-order valence-electron chi connectivity index (χ4n) is 10.4. The number of benzene rings is 4. The van der Waals surface area contributed by atoms with Gasteiger partial charge in [-0.3, -0.25) is 0 Å². The summed E-state index contributed by atoms with van der Waals surface area (Å²) in [5.74, 6) is 2.69. The van der Waals surface area contributed by atoms with Crippen molar-refractivity contribution < 1.29 is 33.5 Å². The summed E-state index contributed by atoms with van der Waals surface area (Å²) in [6, 6.07) is 0. The van der Waals surface area contributed by atoms with Crippen molar-refractivity contribution in [2.75, 3.05) is 39.6 Å². The van der Waals surface area contributed by atoms with Crippen LogP contribution in [0.15, 0.2) is 0 Å². The summed E-state index contributed by atoms with van der Waals surface area (Å²) < 4.78 is 35.8. The normalized spacial score (nSPS) is 16.1. The largest absolute Gasteiger partial charge is 0.490 e. The molecule has 3 unspecified atom stereocenters. The number of ether oxygens (including phenoxy) is 6. The average molecular weight is 905 g/mol. The van der Waals surface area contributed by atoms with Gasteiger partial charge in [-0.25, -0.2) is 0 Å². The quantitative estimate of drug-likeness (QED) is 0.0587. The molecule has 2 aliphatic rings. The molecule has 0 spiro atoms. The smallest absolute Gasteiger partial charge is 0.202 e. The van der Waals surface area contributed by atoms with E-state index in [-0.39, 0.29) is 19.5 Å². The molecule has 0 bridgehead atoms. The van der Waals surface area contributed by atoms with Crippen LogP contribution < -0.4 is 14.2 Å². The molecule has 0 amide bonds. The Hall–Kier alpha value is -3.88. The lowest BCUT2D eigenvalue weighted by molar-refractivity contribution is -0.165. The second kappa shape index (κ2) is 22.5. The van der Waals surface area contributed by atoms with Gasteiger partial charge >= 0.3 is 0 Å². The van der Waals surface area contributed by atoms with Crippen molar-refractivity contribution in [3.63, 3.8) is 0 Å². The predicted octanol–water partition coefficient (Wildman–Crippen LogP) is 13.0. The van der Waals surface area contributed by atoms with Crippen LogP contribution in [0.4, 0.5) is 0 Å². The van der Waals surface area contributed by atoms with Gasteiger partial charge in [-0.05, 0) is 260 Å². The molecule has 2 fully saturated rings. The van der Waals surface area contributed by atoms with E-state index in [2.05, 4.69) is 111 Å². The molecule has 362 valence electrons. The topological polar surface area (TPSA) is 78.9 Å². The Balaban J connectivity index is 1.06.